The molecule has 0 aliphatic heterocycles. The fourth-order valence-corrected chi connectivity index (χ4v) is 1.60. The maximum absolute atomic E-state index is 5.42. The average molecular weight is 228 g/mol. The van der Waals surface area contributed by atoms with Gasteiger partial charge in [0.2, 0.25) is 0 Å². The molecule has 0 saturated heterocycles. The molecule has 0 unspecified atom stereocenters. The number of hydrogen-bond donors (Lipinski definition) is 2. The fourth-order valence-electron chi connectivity index (χ4n) is 1.60. The lowest BCUT2D eigenvalue weighted by atomic mass is 10.1. The molecule has 1 aromatic heterocycles. The molecule has 0 radical (unpaired) electrons. The minimum atomic E-state index is 0.666. The summed E-state index contributed by atoms with van der Waals surface area (Å²) in [7, 11) is 0. The van der Waals surface area contributed by atoms with Crippen molar-refractivity contribution in [2.75, 3.05) is 13.1 Å². The Balaban J connectivity index is 2.03. The standard InChI is InChI=1S/C13H16N4/c14-5-6-15-7-11-1-3-12(4-2-11)13-8-16-10-17-9-13/h1-4,8-10,15H,5-7,14H2. The largest absolute Gasteiger partial charge is 0.329 e. The molecule has 4 heteroatoms. The Morgan fingerprint density at radius 3 is 2.35 bits per heavy atom. The maximum atomic E-state index is 5.42. The van der Waals surface area contributed by atoms with Crippen molar-refractivity contribution in [3.63, 3.8) is 0 Å². The van der Waals surface area contributed by atoms with E-state index >= 15 is 0 Å². The Morgan fingerprint density at radius 1 is 1.00 bits per heavy atom. The Morgan fingerprint density at radius 2 is 1.71 bits per heavy atom. The summed E-state index contributed by atoms with van der Waals surface area (Å²) in [5.41, 5.74) is 8.83. The van der Waals surface area contributed by atoms with Crippen LogP contribution < -0.4 is 11.1 Å². The molecule has 2 rings (SSSR count). The number of benzene rings is 1. The smallest absolute Gasteiger partial charge is 0.115 e. The van der Waals surface area contributed by atoms with Gasteiger partial charge in [0.1, 0.15) is 6.33 Å². The van der Waals surface area contributed by atoms with Gasteiger partial charge in [-0.15, -0.1) is 0 Å². The van der Waals surface area contributed by atoms with Crippen molar-refractivity contribution in [3.05, 3.63) is 48.5 Å². The van der Waals surface area contributed by atoms with Gasteiger partial charge in [0.15, 0.2) is 0 Å². The van der Waals surface area contributed by atoms with E-state index in [9.17, 15) is 0 Å². The molecule has 0 bridgehead atoms. The molecule has 1 aromatic carbocycles. The van der Waals surface area contributed by atoms with E-state index in [0.29, 0.717) is 6.54 Å². The van der Waals surface area contributed by atoms with Gasteiger partial charge in [0, 0.05) is 37.6 Å². The Hall–Kier alpha value is -1.78. The predicted octanol–water partition coefficient (Wildman–Crippen LogP) is 1.19. The number of rotatable bonds is 5. The molecule has 0 saturated carbocycles. The molecule has 88 valence electrons. The highest BCUT2D eigenvalue weighted by atomic mass is 14.9. The third-order valence-corrected chi connectivity index (χ3v) is 2.50. The number of nitrogens with two attached hydrogens (primary N) is 1. The number of hydrogen-bond acceptors (Lipinski definition) is 4. The quantitative estimate of drug-likeness (QED) is 0.755. The van der Waals surface area contributed by atoms with Gasteiger partial charge >= 0.3 is 0 Å². The summed E-state index contributed by atoms with van der Waals surface area (Å²) < 4.78 is 0. The summed E-state index contributed by atoms with van der Waals surface area (Å²) in [5.74, 6) is 0. The first-order valence-electron chi connectivity index (χ1n) is 5.65. The van der Waals surface area contributed by atoms with Crippen LogP contribution in [0.25, 0.3) is 11.1 Å². The molecule has 0 spiro atoms. The molecule has 0 fully saturated rings. The average Bonchev–Trinajstić information content (AvgIpc) is 2.41. The zero-order valence-electron chi connectivity index (χ0n) is 9.63. The fraction of sp³-hybridized carbons (Fsp3) is 0.231. The molecule has 0 atom stereocenters. The first-order valence-corrected chi connectivity index (χ1v) is 5.65. The highest BCUT2D eigenvalue weighted by Crippen LogP contribution is 2.17. The van der Waals surface area contributed by atoms with Crippen LogP contribution in [-0.2, 0) is 6.54 Å². The van der Waals surface area contributed by atoms with Crippen LogP contribution in [0, 0.1) is 0 Å². The molecule has 3 N–H and O–H groups in total. The number of nitrogens with zero attached hydrogens (tertiary/aromatic N) is 2. The van der Waals surface area contributed by atoms with Gasteiger partial charge in [-0.3, -0.25) is 0 Å². The van der Waals surface area contributed by atoms with Crippen molar-refractivity contribution in [3.8, 4) is 11.1 Å². The first kappa shape index (κ1) is 11.7. The van der Waals surface area contributed by atoms with Crippen LogP contribution in [0.3, 0.4) is 0 Å². The zero-order chi connectivity index (χ0) is 11.9. The van der Waals surface area contributed by atoms with E-state index in [1.807, 2.05) is 12.4 Å². The first-order chi connectivity index (χ1) is 8.40. The minimum Gasteiger partial charge on any atom is -0.329 e. The van der Waals surface area contributed by atoms with Crippen molar-refractivity contribution >= 4 is 0 Å². The molecule has 0 aliphatic rings. The second-order valence-corrected chi connectivity index (χ2v) is 3.79. The predicted molar refractivity (Wildman–Crippen MR) is 68.2 cm³/mol. The summed E-state index contributed by atoms with van der Waals surface area (Å²) in [6.45, 7) is 2.36. The maximum Gasteiger partial charge on any atom is 0.115 e. The Bertz CT molecular complexity index is 439. The van der Waals surface area contributed by atoms with Gasteiger partial charge in [-0.25, -0.2) is 9.97 Å². The monoisotopic (exact) mass is 228 g/mol. The van der Waals surface area contributed by atoms with Gasteiger partial charge in [-0.1, -0.05) is 24.3 Å². The van der Waals surface area contributed by atoms with Crippen LogP contribution in [0.15, 0.2) is 43.0 Å². The molecule has 0 amide bonds. The molecular weight excluding hydrogens is 212 g/mol. The lowest BCUT2D eigenvalue weighted by Gasteiger charge is -2.05. The highest BCUT2D eigenvalue weighted by Gasteiger charge is 1.98. The van der Waals surface area contributed by atoms with Gasteiger partial charge in [0.05, 0.1) is 0 Å². The molecular formula is C13H16N4. The lowest BCUT2D eigenvalue weighted by Crippen LogP contribution is -2.21. The molecule has 0 aliphatic carbocycles. The second kappa shape index (κ2) is 6.08. The van der Waals surface area contributed by atoms with Crippen LogP contribution in [0.4, 0.5) is 0 Å². The van der Waals surface area contributed by atoms with Crippen LogP contribution in [-0.4, -0.2) is 23.1 Å². The van der Waals surface area contributed by atoms with Crippen molar-refractivity contribution in [2.24, 2.45) is 5.73 Å². The van der Waals surface area contributed by atoms with Crippen molar-refractivity contribution in [1.29, 1.82) is 0 Å². The molecule has 2 aromatic rings. The Kier molecular flexibility index (Phi) is 4.18. The van der Waals surface area contributed by atoms with Crippen molar-refractivity contribution in [2.45, 2.75) is 6.54 Å². The summed E-state index contributed by atoms with van der Waals surface area (Å²) in [6.07, 6.45) is 5.16. The summed E-state index contributed by atoms with van der Waals surface area (Å²) in [6, 6.07) is 8.37. The zero-order valence-corrected chi connectivity index (χ0v) is 9.63. The normalized spacial score (nSPS) is 10.4. The number of aromatic nitrogens is 2. The SMILES string of the molecule is NCCNCc1ccc(-c2cncnc2)cc1. The summed E-state index contributed by atoms with van der Waals surface area (Å²) >= 11 is 0. The topological polar surface area (TPSA) is 63.8 Å². The van der Waals surface area contributed by atoms with Crippen LogP contribution >= 0.6 is 0 Å². The van der Waals surface area contributed by atoms with Crippen molar-refractivity contribution in [1.82, 2.24) is 15.3 Å². The minimum absolute atomic E-state index is 0.666. The van der Waals surface area contributed by atoms with Gasteiger partial charge in [-0.2, -0.15) is 0 Å². The van der Waals surface area contributed by atoms with E-state index in [4.69, 9.17) is 5.73 Å². The van der Waals surface area contributed by atoms with Crippen LogP contribution in [0.1, 0.15) is 5.56 Å². The van der Waals surface area contributed by atoms with E-state index in [0.717, 1.165) is 24.2 Å². The molecule has 4 nitrogen and oxygen atoms in total. The molecule has 1 heterocycles. The molecule has 17 heavy (non-hydrogen) atoms. The van der Waals surface area contributed by atoms with E-state index in [-0.39, 0.29) is 0 Å². The summed E-state index contributed by atoms with van der Waals surface area (Å²) in [4.78, 5) is 8.01. The van der Waals surface area contributed by atoms with E-state index in [1.54, 1.807) is 0 Å². The third kappa shape index (κ3) is 3.34. The van der Waals surface area contributed by atoms with E-state index in [1.165, 1.54) is 11.9 Å². The van der Waals surface area contributed by atoms with Gasteiger partial charge in [0.25, 0.3) is 0 Å². The second-order valence-electron chi connectivity index (χ2n) is 3.79. The van der Waals surface area contributed by atoms with Crippen molar-refractivity contribution < 1.29 is 0 Å². The third-order valence-electron chi connectivity index (χ3n) is 2.50. The van der Waals surface area contributed by atoms with E-state index in [2.05, 4.69) is 39.6 Å². The lowest BCUT2D eigenvalue weighted by molar-refractivity contribution is 0.695. The van der Waals surface area contributed by atoms with Gasteiger partial charge < -0.3 is 11.1 Å². The van der Waals surface area contributed by atoms with E-state index < -0.39 is 0 Å². The van der Waals surface area contributed by atoms with Gasteiger partial charge in [-0.05, 0) is 11.1 Å². The Labute approximate surface area is 101 Å². The number of nitrogens with one attached hydrogen (secondary N) is 1. The summed E-state index contributed by atoms with van der Waals surface area (Å²) in [5, 5.41) is 3.26. The van der Waals surface area contributed by atoms with Crippen LogP contribution in [0.2, 0.25) is 0 Å². The highest BCUT2D eigenvalue weighted by molar-refractivity contribution is 5.61. The van der Waals surface area contributed by atoms with Crippen LogP contribution in [0.5, 0.6) is 0 Å².